The molecule has 188 valence electrons. The van der Waals surface area contributed by atoms with Gasteiger partial charge in [-0.15, -0.1) is 0 Å². The number of fused-ring (bicyclic) bond motifs is 3. The van der Waals surface area contributed by atoms with Crippen molar-refractivity contribution < 1.29 is 14.3 Å². The van der Waals surface area contributed by atoms with E-state index in [0.29, 0.717) is 30.9 Å². The average molecular weight is 504 g/mol. The van der Waals surface area contributed by atoms with E-state index in [1.165, 1.54) is 0 Å². The van der Waals surface area contributed by atoms with Gasteiger partial charge in [0.05, 0.1) is 49.2 Å². The van der Waals surface area contributed by atoms with Gasteiger partial charge in [-0.1, -0.05) is 18.2 Å². The van der Waals surface area contributed by atoms with Crippen molar-refractivity contribution in [3.63, 3.8) is 0 Å². The topological polar surface area (TPSA) is 108 Å². The number of nitrogens with zero attached hydrogens (tertiary/aromatic N) is 4. The summed E-state index contributed by atoms with van der Waals surface area (Å²) in [6.45, 7) is 2.80. The number of ether oxygens (including phenoxy) is 1. The summed E-state index contributed by atoms with van der Waals surface area (Å²) in [4.78, 5) is 36.0. The van der Waals surface area contributed by atoms with Crippen molar-refractivity contribution in [2.24, 2.45) is 0 Å². The zero-order valence-electron chi connectivity index (χ0n) is 21.1. The second-order valence-corrected chi connectivity index (χ2v) is 10.0. The number of benzene rings is 2. The first kappa shape index (κ1) is 23.8. The molecule has 0 saturated carbocycles. The van der Waals surface area contributed by atoms with Crippen molar-refractivity contribution in [3.05, 3.63) is 88.7 Å². The van der Waals surface area contributed by atoms with Crippen LogP contribution in [0.1, 0.15) is 39.7 Å². The molecule has 38 heavy (non-hydrogen) atoms. The van der Waals surface area contributed by atoms with Gasteiger partial charge in [-0.3, -0.25) is 14.6 Å². The maximum Gasteiger partial charge on any atom is 0.251 e. The summed E-state index contributed by atoms with van der Waals surface area (Å²) in [6, 6.07) is 19.5. The molecular weight excluding hydrogens is 478 g/mol. The van der Waals surface area contributed by atoms with Gasteiger partial charge in [0.25, 0.3) is 5.91 Å². The average Bonchev–Trinajstić information content (AvgIpc) is 3.23. The van der Waals surface area contributed by atoms with E-state index in [0.717, 1.165) is 44.5 Å². The van der Waals surface area contributed by atoms with Crippen LogP contribution in [0.5, 0.6) is 0 Å². The van der Waals surface area contributed by atoms with Gasteiger partial charge in [0, 0.05) is 35.4 Å². The number of hydrogen-bond donors (Lipinski definition) is 1. The normalized spacial score (nSPS) is 18.1. The Morgan fingerprint density at radius 1 is 1.16 bits per heavy atom. The molecule has 4 aromatic rings. The minimum atomic E-state index is -0.781. The Hall–Kier alpha value is -4.61. The molecule has 1 atom stereocenters. The van der Waals surface area contributed by atoms with E-state index in [9.17, 15) is 14.9 Å². The third-order valence-electron chi connectivity index (χ3n) is 7.38. The Balaban J connectivity index is 1.22. The highest BCUT2D eigenvalue weighted by Gasteiger charge is 2.33. The number of rotatable bonds is 4. The Bertz CT molecular complexity index is 1670. The molecule has 0 aliphatic carbocycles. The van der Waals surface area contributed by atoms with Crippen LogP contribution in [0.25, 0.3) is 22.2 Å². The van der Waals surface area contributed by atoms with Gasteiger partial charge in [0.2, 0.25) is 5.91 Å². The zero-order chi connectivity index (χ0) is 26.4. The quantitative estimate of drug-likeness (QED) is 0.450. The fourth-order valence-electron chi connectivity index (χ4n) is 5.08. The third-order valence-corrected chi connectivity index (χ3v) is 7.38. The number of hydrogen-bond acceptors (Lipinski definition) is 6. The molecule has 0 saturated heterocycles. The number of pyridine rings is 2. The van der Waals surface area contributed by atoms with E-state index in [1.54, 1.807) is 30.3 Å². The van der Waals surface area contributed by atoms with E-state index in [4.69, 9.17) is 9.72 Å². The monoisotopic (exact) mass is 503 g/mol. The highest BCUT2D eigenvalue weighted by atomic mass is 16.5. The summed E-state index contributed by atoms with van der Waals surface area (Å²) >= 11 is 0. The minimum Gasteiger partial charge on any atom is -0.375 e. The Labute approximate surface area is 219 Å². The van der Waals surface area contributed by atoms with Crippen LogP contribution in [0, 0.1) is 11.3 Å². The van der Waals surface area contributed by atoms with Crippen molar-refractivity contribution in [1.82, 2.24) is 15.3 Å². The lowest BCUT2D eigenvalue weighted by atomic mass is 9.79. The molecule has 0 spiro atoms. The fourth-order valence-corrected chi connectivity index (χ4v) is 5.08. The maximum atomic E-state index is 13.0. The van der Waals surface area contributed by atoms with Gasteiger partial charge in [-0.05, 0) is 60.0 Å². The largest absolute Gasteiger partial charge is 0.375 e. The molecule has 2 aliphatic heterocycles. The summed E-state index contributed by atoms with van der Waals surface area (Å²) in [5.74, 6) is -0.148. The zero-order valence-corrected chi connectivity index (χ0v) is 21.1. The molecule has 2 amide bonds. The van der Waals surface area contributed by atoms with Crippen molar-refractivity contribution >= 4 is 28.4 Å². The van der Waals surface area contributed by atoms with E-state index in [-0.39, 0.29) is 18.4 Å². The maximum absolute atomic E-state index is 13.0. The van der Waals surface area contributed by atoms with Crippen LogP contribution < -0.4 is 10.2 Å². The number of carbonyl (C=O) groups excluding carboxylic acids is 2. The van der Waals surface area contributed by atoms with Gasteiger partial charge in [-0.2, -0.15) is 5.26 Å². The van der Waals surface area contributed by atoms with Crippen molar-refractivity contribution in [3.8, 4) is 17.3 Å². The lowest BCUT2D eigenvalue weighted by Gasteiger charge is -2.30. The summed E-state index contributed by atoms with van der Waals surface area (Å²) in [6.07, 6.45) is 2.18. The molecule has 2 aliphatic rings. The number of amides is 2. The Morgan fingerprint density at radius 3 is 2.84 bits per heavy atom. The van der Waals surface area contributed by atoms with Crippen LogP contribution in [0.3, 0.4) is 0 Å². The second kappa shape index (κ2) is 9.05. The van der Waals surface area contributed by atoms with E-state index in [2.05, 4.69) is 16.4 Å². The Kier molecular flexibility index (Phi) is 5.66. The number of anilines is 1. The summed E-state index contributed by atoms with van der Waals surface area (Å²) in [7, 11) is 1.79. The predicted molar refractivity (Wildman–Crippen MR) is 142 cm³/mol. The van der Waals surface area contributed by atoms with Crippen LogP contribution >= 0.6 is 0 Å². The predicted octanol–water partition coefficient (Wildman–Crippen LogP) is 4.06. The molecule has 8 heteroatoms. The standard InChI is InChI=1S/C30H25N5O3/c1-30(16-31)17-38-15-22-6-5-20(9-24(22)30)29(37)33-14-23-12-26-21(13-32-23)7-8-25(34-26)18-3-4-19-11-28(36)35(2)27(19)10-18/h3-10,12-13H,11,14-15,17H2,1-2H3,(H,33,37)/t30-/m1/s1. The van der Waals surface area contributed by atoms with E-state index < -0.39 is 5.41 Å². The van der Waals surface area contributed by atoms with Crippen LogP contribution in [0.4, 0.5) is 5.69 Å². The Morgan fingerprint density at radius 2 is 2.00 bits per heavy atom. The molecule has 2 aromatic carbocycles. The van der Waals surface area contributed by atoms with Crippen LogP contribution in [-0.4, -0.2) is 35.4 Å². The lowest BCUT2D eigenvalue weighted by molar-refractivity contribution is -0.117. The number of carbonyl (C=O) groups is 2. The van der Waals surface area contributed by atoms with Gasteiger partial charge in [-0.25, -0.2) is 4.98 Å². The molecule has 6 rings (SSSR count). The third kappa shape index (κ3) is 4.07. The molecule has 2 aromatic heterocycles. The van der Waals surface area contributed by atoms with Crippen LogP contribution in [0.15, 0.2) is 60.8 Å². The van der Waals surface area contributed by atoms with Gasteiger partial charge >= 0.3 is 0 Å². The first-order valence-corrected chi connectivity index (χ1v) is 12.4. The van der Waals surface area contributed by atoms with Crippen molar-refractivity contribution in [1.29, 1.82) is 5.26 Å². The van der Waals surface area contributed by atoms with Gasteiger partial charge < -0.3 is 15.0 Å². The summed E-state index contributed by atoms with van der Waals surface area (Å²) in [5, 5.41) is 13.5. The van der Waals surface area contributed by atoms with E-state index in [1.807, 2.05) is 49.4 Å². The molecule has 4 heterocycles. The molecule has 8 nitrogen and oxygen atoms in total. The molecular formula is C30H25N5O3. The summed E-state index contributed by atoms with van der Waals surface area (Å²) in [5.41, 5.74) is 6.59. The number of nitrogens with one attached hydrogen (secondary N) is 1. The highest BCUT2D eigenvalue weighted by Crippen LogP contribution is 2.33. The smallest absolute Gasteiger partial charge is 0.251 e. The van der Waals surface area contributed by atoms with Gasteiger partial charge in [0.1, 0.15) is 5.41 Å². The summed E-state index contributed by atoms with van der Waals surface area (Å²) < 4.78 is 5.56. The van der Waals surface area contributed by atoms with Crippen molar-refractivity contribution in [2.45, 2.75) is 31.9 Å². The highest BCUT2D eigenvalue weighted by molar-refractivity contribution is 6.01. The number of likely N-dealkylation sites (N-methyl/N-ethyl adjacent to an activating group) is 1. The first-order chi connectivity index (χ1) is 18.3. The number of nitriles is 1. The van der Waals surface area contributed by atoms with Crippen LogP contribution in [-0.2, 0) is 34.5 Å². The second-order valence-electron chi connectivity index (χ2n) is 10.0. The molecule has 0 radical (unpaired) electrons. The molecule has 0 unspecified atom stereocenters. The number of aromatic nitrogens is 2. The molecule has 0 fully saturated rings. The first-order valence-electron chi connectivity index (χ1n) is 12.4. The SMILES string of the molecule is CN1C(=O)Cc2ccc(-c3ccc4cnc(CNC(=O)c5ccc6c(c5)[C@](C)(C#N)COC6)cc4n3)cc21. The van der Waals surface area contributed by atoms with Crippen molar-refractivity contribution in [2.75, 3.05) is 18.6 Å². The van der Waals surface area contributed by atoms with Crippen LogP contribution in [0.2, 0.25) is 0 Å². The molecule has 0 bridgehead atoms. The molecule has 1 N–H and O–H groups in total. The van der Waals surface area contributed by atoms with E-state index >= 15 is 0 Å². The fraction of sp³-hybridized carbons (Fsp3) is 0.233. The lowest BCUT2D eigenvalue weighted by Crippen LogP contribution is -2.33. The van der Waals surface area contributed by atoms with Gasteiger partial charge in [0.15, 0.2) is 0 Å². The minimum absolute atomic E-state index is 0.0878.